The number of aromatic nitrogens is 3. The average molecular weight is 544 g/mol. The fourth-order valence-electron chi connectivity index (χ4n) is 5.83. The van der Waals surface area contributed by atoms with E-state index in [0.29, 0.717) is 17.7 Å². The largest absolute Gasteiger partial charge is 0.457 e. The van der Waals surface area contributed by atoms with Crippen LogP contribution >= 0.6 is 15.9 Å². The van der Waals surface area contributed by atoms with Gasteiger partial charge in [-0.15, -0.1) is 0 Å². The number of nitrogen functional groups attached to an aromatic ring is 1. The Morgan fingerprint density at radius 3 is 2.36 bits per heavy atom. The lowest BCUT2D eigenvalue weighted by molar-refractivity contribution is -0.125. The van der Waals surface area contributed by atoms with E-state index in [1.807, 2.05) is 59.5 Å². The van der Waals surface area contributed by atoms with Gasteiger partial charge in [0.05, 0.1) is 9.99 Å². The number of nitrogens with two attached hydrogens (primary N) is 1. The van der Waals surface area contributed by atoms with Crippen molar-refractivity contribution in [2.24, 2.45) is 11.8 Å². The molecule has 3 heterocycles. The van der Waals surface area contributed by atoms with Crippen molar-refractivity contribution >= 4 is 38.7 Å². The maximum Gasteiger partial charge on any atom is 0.245 e. The molecule has 2 aromatic heterocycles. The van der Waals surface area contributed by atoms with Crippen LogP contribution in [0, 0.1) is 11.8 Å². The van der Waals surface area contributed by atoms with Crippen LogP contribution in [0.25, 0.3) is 22.2 Å². The van der Waals surface area contributed by atoms with Gasteiger partial charge in [-0.1, -0.05) is 36.9 Å². The van der Waals surface area contributed by atoms with Crippen molar-refractivity contribution in [2.45, 2.75) is 18.9 Å². The van der Waals surface area contributed by atoms with Gasteiger partial charge in [0.2, 0.25) is 5.91 Å². The molecule has 4 aromatic rings. The zero-order chi connectivity index (χ0) is 24.8. The highest BCUT2D eigenvalue weighted by atomic mass is 79.9. The fourth-order valence-corrected chi connectivity index (χ4v) is 6.71. The maximum absolute atomic E-state index is 12.1. The Morgan fingerprint density at radius 1 is 1.03 bits per heavy atom. The lowest BCUT2D eigenvalue weighted by Crippen LogP contribution is -2.28. The molecule has 2 unspecified atom stereocenters. The number of para-hydroxylation sites is 1. The van der Waals surface area contributed by atoms with E-state index in [1.165, 1.54) is 12.4 Å². The predicted octanol–water partition coefficient (Wildman–Crippen LogP) is 5.83. The molecule has 0 bridgehead atoms. The molecule has 2 aromatic carbocycles. The number of benzene rings is 2. The summed E-state index contributed by atoms with van der Waals surface area (Å²) in [5.74, 6) is 2.98. The van der Waals surface area contributed by atoms with Crippen LogP contribution in [0.5, 0.6) is 11.5 Å². The van der Waals surface area contributed by atoms with Crippen molar-refractivity contribution in [1.29, 1.82) is 0 Å². The van der Waals surface area contributed by atoms with Crippen LogP contribution < -0.4 is 10.5 Å². The second kappa shape index (κ2) is 9.09. The van der Waals surface area contributed by atoms with Crippen LogP contribution in [-0.4, -0.2) is 38.4 Å². The van der Waals surface area contributed by atoms with Gasteiger partial charge in [0, 0.05) is 24.7 Å². The van der Waals surface area contributed by atoms with E-state index >= 15 is 0 Å². The van der Waals surface area contributed by atoms with Crippen LogP contribution in [0.1, 0.15) is 18.9 Å². The summed E-state index contributed by atoms with van der Waals surface area (Å²) in [7, 11) is 0. The molecule has 1 saturated heterocycles. The van der Waals surface area contributed by atoms with Gasteiger partial charge in [-0.2, -0.15) is 0 Å². The molecular formula is C28H26BrN5O2. The number of carbonyl (C=O) groups is 1. The molecule has 36 heavy (non-hydrogen) atoms. The van der Waals surface area contributed by atoms with Gasteiger partial charge in [-0.3, -0.25) is 4.79 Å². The molecule has 2 aliphatic rings. The molecule has 0 radical (unpaired) electrons. The maximum atomic E-state index is 12.1. The average Bonchev–Trinajstić information content (AvgIpc) is 3.55. The highest BCUT2D eigenvalue weighted by molar-refractivity contribution is 9.10. The van der Waals surface area contributed by atoms with Gasteiger partial charge < -0.3 is 19.9 Å². The van der Waals surface area contributed by atoms with Crippen molar-refractivity contribution in [2.75, 3.05) is 18.8 Å². The monoisotopic (exact) mass is 543 g/mol. The van der Waals surface area contributed by atoms with Crippen molar-refractivity contribution in [3.8, 4) is 22.6 Å². The van der Waals surface area contributed by atoms with Gasteiger partial charge in [0.25, 0.3) is 0 Å². The molecule has 6 rings (SSSR count). The summed E-state index contributed by atoms with van der Waals surface area (Å²) >= 11 is 3.90. The summed E-state index contributed by atoms with van der Waals surface area (Å²) < 4.78 is 9.20. The number of ether oxygens (including phenoxy) is 1. The molecule has 2 atom stereocenters. The minimum Gasteiger partial charge on any atom is -0.457 e. The van der Waals surface area contributed by atoms with Crippen molar-refractivity contribution in [3.63, 3.8) is 0 Å². The minimum atomic E-state index is 0.0241. The van der Waals surface area contributed by atoms with Gasteiger partial charge in [-0.25, -0.2) is 9.97 Å². The number of carbonyl (C=O) groups excluding carboxylic acids is 1. The van der Waals surface area contributed by atoms with E-state index < -0.39 is 0 Å². The van der Waals surface area contributed by atoms with E-state index in [9.17, 15) is 4.79 Å². The summed E-state index contributed by atoms with van der Waals surface area (Å²) in [6, 6.07) is 18.0. The van der Waals surface area contributed by atoms with Gasteiger partial charge >= 0.3 is 0 Å². The lowest BCUT2D eigenvalue weighted by atomic mass is 10.0. The number of amides is 1. The summed E-state index contributed by atoms with van der Waals surface area (Å²) in [4.78, 5) is 23.0. The highest BCUT2D eigenvalue weighted by Gasteiger charge is 2.43. The molecule has 2 fully saturated rings. The summed E-state index contributed by atoms with van der Waals surface area (Å²) in [5.41, 5.74) is 9.22. The third-order valence-corrected chi connectivity index (χ3v) is 8.23. The SMILES string of the molecule is C=CC(=O)N1CC2CC(n3c(Br)c(-c4ccc(Oc5ccccc5)cc4)c4c(N)ncnc43)CC2C1. The van der Waals surface area contributed by atoms with Crippen molar-refractivity contribution < 1.29 is 9.53 Å². The van der Waals surface area contributed by atoms with Crippen LogP contribution in [0.4, 0.5) is 5.82 Å². The zero-order valence-electron chi connectivity index (χ0n) is 19.7. The Bertz CT molecular complexity index is 1440. The molecule has 1 saturated carbocycles. The van der Waals surface area contributed by atoms with Crippen molar-refractivity contribution in [1.82, 2.24) is 19.4 Å². The Hall–Kier alpha value is -3.65. The summed E-state index contributed by atoms with van der Waals surface area (Å²) in [6.07, 6.45) is 4.92. The van der Waals surface area contributed by atoms with Gasteiger partial charge in [0.15, 0.2) is 0 Å². The number of hydrogen-bond acceptors (Lipinski definition) is 5. The van der Waals surface area contributed by atoms with E-state index in [1.54, 1.807) is 0 Å². The van der Waals surface area contributed by atoms with Gasteiger partial charge in [0.1, 0.15) is 29.3 Å². The number of nitrogens with zero attached hydrogens (tertiary/aromatic N) is 4. The lowest BCUT2D eigenvalue weighted by Gasteiger charge is -2.20. The number of anilines is 1. The first-order chi connectivity index (χ1) is 17.5. The Balaban J connectivity index is 1.34. The Morgan fingerprint density at radius 2 is 1.69 bits per heavy atom. The molecule has 1 aliphatic carbocycles. The van der Waals surface area contributed by atoms with E-state index in [4.69, 9.17) is 10.5 Å². The van der Waals surface area contributed by atoms with E-state index in [-0.39, 0.29) is 11.9 Å². The fraction of sp³-hybridized carbons (Fsp3) is 0.250. The number of hydrogen-bond donors (Lipinski definition) is 1. The summed E-state index contributed by atoms with van der Waals surface area (Å²) in [6.45, 7) is 5.21. The van der Waals surface area contributed by atoms with Crippen LogP contribution in [-0.2, 0) is 4.79 Å². The first-order valence-corrected chi connectivity index (χ1v) is 12.9. The van der Waals surface area contributed by atoms with Crippen LogP contribution in [0.2, 0.25) is 0 Å². The minimum absolute atomic E-state index is 0.0241. The Labute approximate surface area is 217 Å². The number of rotatable bonds is 5. The standard InChI is InChI=1S/C28H26BrN5O2/c1-2-23(35)33-14-18-12-20(13-19(18)15-33)34-26(29)24(25-27(30)31-16-32-28(25)34)17-8-10-22(11-9-17)36-21-6-4-3-5-7-21/h2-11,16,18-20H,1,12-15H2,(H2,30,31,32). The number of fused-ring (bicyclic) bond motifs is 2. The predicted molar refractivity (Wildman–Crippen MR) is 144 cm³/mol. The molecule has 0 spiro atoms. The quantitative estimate of drug-likeness (QED) is 0.320. The third kappa shape index (κ3) is 3.86. The first-order valence-electron chi connectivity index (χ1n) is 12.1. The molecule has 8 heteroatoms. The third-order valence-electron chi connectivity index (χ3n) is 7.45. The molecule has 1 aliphatic heterocycles. The Kier molecular flexibility index (Phi) is 5.76. The topological polar surface area (TPSA) is 86.3 Å². The van der Waals surface area contributed by atoms with Crippen LogP contribution in [0.15, 0.2) is 78.2 Å². The second-order valence-electron chi connectivity index (χ2n) is 9.53. The molecule has 1 amide bonds. The highest BCUT2D eigenvalue weighted by Crippen LogP contribution is 2.49. The molecular weight excluding hydrogens is 518 g/mol. The second-order valence-corrected chi connectivity index (χ2v) is 10.3. The number of likely N-dealkylation sites (tertiary alicyclic amines) is 1. The molecule has 2 N–H and O–H groups in total. The molecule has 182 valence electrons. The normalized spacial score (nSPS) is 21.0. The van der Waals surface area contributed by atoms with Crippen LogP contribution in [0.3, 0.4) is 0 Å². The molecule has 7 nitrogen and oxygen atoms in total. The zero-order valence-corrected chi connectivity index (χ0v) is 21.3. The smallest absolute Gasteiger partial charge is 0.245 e. The summed E-state index contributed by atoms with van der Waals surface area (Å²) in [5, 5.41) is 0.849. The van der Waals surface area contributed by atoms with E-state index in [2.05, 4.69) is 37.0 Å². The number of halogens is 1. The van der Waals surface area contributed by atoms with Crippen molar-refractivity contribution in [3.05, 3.63) is 78.2 Å². The van der Waals surface area contributed by atoms with E-state index in [0.717, 1.165) is 64.2 Å². The first kappa shape index (κ1) is 22.8. The van der Waals surface area contributed by atoms with Gasteiger partial charge in [-0.05, 0) is 76.5 Å².